The average molecular weight is 201 g/mol. The molecule has 0 radical (unpaired) electrons. The minimum atomic E-state index is -0.397. The molecule has 1 N–H and O–H groups in total. The number of likely N-dealkylation sites (tertiary alicyclic amines) is 1. The van der Waals surface area contributed by atoms with Gasteiger partial charge in [-0.1, -0.05) is 0 Å². The number of ether oxygens (including phenoxy) is 1. The van der Waals surface area contributed by atoms with E-state index in [1.54, 1.807) is 0 Å². The Labute approximate surface area is 84.8 Å². The molecule has 0 spiro atoms. The van der Waals surface area contributed by atoms with Crippen LogP contribution in [0.5, 0.6) is 0 Å². The molecule has 4 heteroatoms. The van der Waals surface area contributed by atoms with Gasteiger partial charge >= 0.3 is 5.97 Å². The fourth-order valence-corrected chi connectivity index (χ4v) is 1.37. The second kappa shape index (κ2) is 4.28. The third-order valence-electron chi connectivity index (χ3n) is 1.99. The molecule has 1 fully saturated rings. The van der Waals surface area contributed by atoms with E-state index in [4.69, 9.17) is 9.84 Å². The molecular formula is C10H19NO3. The van der Waals surface area contributed by atoms with Crippen molar-refractivity contribution in [1.82, 2.24) is 4.90 Å². The molecule has 14 heavy (non-hydrogen) atoms. The first-order chi connectivity index (χ1) is 6.37. The van der Waals surface area contributed by atoms with E-state index < -0.39 is 5.60 Å². The van der Waals surface area contributed by atoms with Gasteiger partial charge in [-0.05, 0) is 20.8 Å². The van der Waals surface area contributed by atoms with Gasteiger partial charge in [-0.2, -0.15) is 0 Å². The topological polar surface area (TPSA) is 49.8 Å². The van der Waals surface area contributed by atoms with Crippen LogP contribution in [0.25, 0.3) is 0 Å². The summed E-state index contributed by atoms with van der Waals surface area (Å²) in [7, 11) is 0. The molecule has 0 atom stereocenters. The Kier molecular flexibility index (Phi) is 3.50. The average Bonchev–Trinajstić information content (AvgIpc) is 1.92. The quantitative estimate of drug-likeness (QED) is 0.671. The van der Waals surface area contributed by atoms with E-state index in [1.165, 1.54) is 0 Å². The van der Waals surface area contributed by atoms with E-state index in [2.05, 4.69) is 0 Å². The highest BCUT2D eigenvalue weighted by Crippen LogP contribution is 2.11. The van der Waals surface area contributed by atoms with Crippen LogP contribution in [0.15, 0.2) is 0 Å². The molecule has 0 bridgehead atoms. The minimum absolute atomic E-state index is 0.168. The van der Waals surface area contributed by atoms with Gasteiger partial charge in [-0.25, -0.2) is 0 Å². The molecule has 0 amide bonds. The van der Waals surface area contributed by atoms with Crippen molar-refractivity contribution in [3.63, 3.8) is 0 Å². The molecule has 0 aromatic carbocycles. The predicted molar refractivity (Wildman–Crippen MR) is 52.9 cm³/mol. The maximum absolute atomic E-state index is 11.3. The molecule has 1 heterocycles. The number of carbonyl (C=O) groups is 1. The summed E-state index contributed by atoms with van der Waals surface area (Å²) in [5.41, 5.74) is -0.397. The lowest BCUT2D eigenvalue weighted by Crippen LogP contribution is -2.51. The summed E-state index contributed by atoms with van der Waals surface area (Å²) in [6.45, 7) is 7.63. The van der Waals surface area contributed by atoms with Gasteiger partial charge in [0.25, 0.3) is 0 Å². The zero-order chi connectivity index (χ0) is 10.8. The van der Waals surface area contributed by atoms with Crippen molar-refractivity contribution >= 4 is 5.97 Å². The van der Waals surface area contributed by atoms with Crippen molar-refractivity contribution in [2.75, 3.05) is 19.6 Å². The number of carbonyl (C=O) groups excluding carboxylic acids is 1. The predicted octanol–water partition coefficient (Wildman–Crippen LogP) is 0.395. The molecule has 0 saturated carbocycles. The zero-order valence-electron chi connectivity index (χ0n) is 9.12. The number of rotatable bonds is 3. The molecule has 1 aliphatic rings. The Morgan fingerprint density at radius 1 is 1.50 bits per heavy atom. The number of nitrogens with zero attached hydrogens (tertiary/aromatic N) is 1. The van der Waals surface area contributed by atoms with Crippen molar-refractivity contribution in [1.29, 1.82) is 0 Å². The summed E-state index contributed by atoms with van der Waals surface area (Å²) in [4.78, 5) is 13.3. The second-order valence-electron chi connectivity index (χ2n) is 4.75. The Bertz CT molecular complexity index is 204. The van der Waals surface area contributed by atoms with E-state index in [0.717, 1.165) is 0 Å². The van der Waals surface area contributed by atoms with Crippen molar-refractivity contribution < 1.29 is 14.6 Å². The van der Waals surface area contributed by atoms with Crippen molar-refractivity contribution in [3.05, 3.63) is 0 Å². The number of aliphatic hydroxyl groups excluding tert-OH is 1. The smallest absolute Gasteiger partial charge is 0.307 e. The van der Waals surface area contributed by atoms with Crippen LogP contribution < -0.4 is 0 Å². The van der Waals surface area contributed by atoms with Crippen LogP contribution >= 0.6 is 0 Å². The SMILES string of the molecule is CC(C)(C)OC(=O)CCN1CC(O)C1. The summed E-state index contributed by atoms with van der Waals surface area (Å²) < 4.78 is 5.16. The van der Waals surface area contributed by atoms with Crippen LogP contribution in [-0.4, -0.2) is 47.3 Å². The lowest BCUT2D eigenvalue weighted by Gasteiger charge is -2.35. The Balaban J connectivity index is 2.10. The van der Waals surface area contributed by atoms with Gasteiger partial charge in [0, 0.05) is 19.6 Å². The fraction of sp³-hybridized carbons (Fsp3) is 0.900. The van der Waals surface area contributed by atoms with Gasteiger partial charge in [0.2, 0.25) is 0 Å². The largest absolute Gasteiger partial charge is 0.460 e. The van der Waals surface area contributed by atoms with Crippen LogP contribution in [0.1, 0.15) is 27.2 Å². The number of hydrogen-bond acceptors (Lipinski definition) is 4. The molecular weight excluding hydrogens is 182 g/mol. The molecule has 82 valence electrons. The monoisotopic (exact) mass is 201 g/mol. The molecule has 0 aliphatic carbocycles. The number of hydrogen-bond donors (Lipinski definition) is 1. The van der Waals surface area contributed by atoms with Gasteiger partial charge < -0.3 is 9.84 Å². The molecule has 0 aromatic rings. The summed E-state index contributed by atoms with van der Waals surface area (Å²) in [6, 6.07) is 0. The third-order valence-corrected chi connectivity index (χ3v) is 1.99. The number of aliphatic hydroxyl groups is 1. The molecule has 4 nitrogen and oxygen atoms in total. The zero-order valence-corrected chi connectivity index (χ0v) is 9.12. The van der Waals surface area contributed by atoms with Crippen LogP contribution in [0.2, 0.25) is 0 Å². The van der Waals surface area contributed by atoms with Crippen LogP contribution in [0, 0.1) is 0 Å². The second-order valence-corrected chi connectivity index (χ2v) is 4.75. The number of esters is 1. The van der Waals surface area contributed by atoms with Crippen molar-refractivity contribution in [3.8, 4) is 0 Å². The first kappa shape index (κ1) is 11.5. The number of β-amino-alcohol motifs (C(OH)–C–C–N with tert-alkyl or cyclic N) is 1. The van der Waals surface area contributed by atoms with E-state index in [9.17, 15) is 4.79 Å². The van der Waals surface area contributed by atoms with Crippen LogP contribution in [-0.2, 0) is 9.53 Å². The maximum Gasteiger partial charge on any atom is 0.307 e. The van der Waals surface area contributed by atoms with Gasteiger partial charge in [0.1, 0.15) is 5.60 Å². The van der Waals surface area contributed by atoms with Gasteiger partial charge in [-0.15, -0.1) is 0 Å². The van der Waals surface area contributed by atoms with E-state index in [0.29, 0.717) is 26.1 Å². The Morgan fingerprint density at radius 2 is 2.07 bits per heavy atom. The van der Waals surface area contributed by atoms with E-state index in [-0.39, 0.29) is 12.1 Å². The first-order valence-corrected chi connectivity index (χ1v) is 4.99. The first-order valence-electron chi connectivity index (χ1n) is 4.99. The highest BCUT2D eigenvalue weighted by molar-refractivity contribution is 5.70. The highest BCUT2D eigenvalue weighted by Gasteiger charge is 2.25. The molecule has 1 saturated heterocycles. The van der Waals surface area contributed by atoms with Gasteiger partial charge in [0.05, 0.1) is 12.5 Å². The lowest BCUT2D eigenvalue weighted by atomic mass is 10.1. The third kappa shape index (κ3) is 4.07. The van der Waals surface area contributed by atoms with Crippen LogP contribution in [0.4, 0.5) is 0 Å². The highest BCUT2D eigenvalue weighted by atomic mass is 16.6. The summed E-state index contributed by atoms with van der Waals surface area (Å²) in [5.74, 6) is -0.168. The molecule has 0 aromatic heterocycles. The van der Waals surface area contributed by atoms with Crippen molar-refractivity contribution in [2.45, 2.75) is 38.9 Å². The molecule has 0 unspecified atom stereocenters. The summed E-state index contributed by atoms with van der Waals surface area (Å²) >= 11 is 0. The Morgan fingerprint density at radius 3 is 2.50 bits per heavy atom. The summed E-state index contributed by atoms with van der Waals surface area (Å²) in [6.07, 6.45) is 0.206. The standard InChI is InChI=1S/C10H19NO3/c1-10(2,3)14-9(13)4-5-11-6-8(12)7-11/h8,12H,4-7H2,1-3H3. The Hall–Kier alpha value is -0.610. The van der Waals surface area contributed by atoms with Gasteiger partial charge in [0.15, 0.2) is 0 Å². The molecule has 1 aliphatic heterocycles. The minimum Gasteiger partial charge on any atom is -0.460 e. The van der Waals surface area contributed by atoms with E-state index >= 15 is 0 Å². The van der Waals surface area contributed by atoms with Crippen molar-refractivity contribution in [2.24, 2.45) is 0 Å². The summed E-state index contributed by atoms with van der Waals surface area (Å²) in [5, 5.41) is 9.01. The normalized spacial score (nSPS) is 19.1. The van der Waals surface area contributed by atoms with E-state index in [1.807, 2.05) is 25.7 Å². The van der Waals surface area contributed by atoms with Gasteiger partial charge in [-0.3, -0.25) is 9.69 Å². The van der Waals surface area contributed by atoms with Crippen LogP contribution in [0.3, 0.4) is 0 Å². The molecule has 1 rings (SSSR count). The maximum atomic E-state index is 11.3. The fourth-order valence-electron chi connectivity index (χ4n) is 1.37. The lowest BCUT2D eigenvalue weighted by molar-refractivity contribution is -0.155.